The van der Waals surface area contributed by atoms with E-state index in [1.165, 1.54) is 6.92 Å². The van der Waals surface area contributed by atoms with Crippen LogP contribution in [0.25, 0.3) is 0 Å². The molecule has 1 rings (SSSR count). The molecular formula is C20H32N2O3. The fraction of sp³-hybridized carbons (Fsp3) is 0.600. The minimum atomic E-state index is -0.164. The summed E-state index contributed by atoms with van der Waals surface area (Å²) in [5.41, 5.74) is 3.12. The van der Waals surface area contributed by atoms with Gasteiger partial charge in [-0.2, -0.15) is 0 Å². The number of ether oxygens (including phenoxy) is 1. The summed E-state index contributed by atoms with van der Waals surface area (Å²) in [7, 11) is 1.63. The van der Waals surface area contributed by atoms with Gasteiger partial charge in [0.2, 0.25) is 11.8 Å². The van der Waals surface area contributed by atoms with E-state index in [2.05, 4.69) is 33.0 Å². The van der Waals surface area contributed by atoms with E-state index in [1.54, 1.807) is 12.0 Å². The van der Waals surface area contributed by atoms with Crippen LogP contribution >= 0.6 is 0 Å². The van der Waals surface area contributed by atoms with E-state index in [1.807, 2.05) is 18.2 Å². The van der Waals surface area contributed by atoms with Crippen LogP contribution in [0.2, 0.25) is 0 Å². The van der Waals surface area contributed by atoms with Crippen molar-refractivity contribution < 1.29 is 14.3 Å². The lowest BCUT2D eigenvalue weighted by molar-refractivity contribution is -0.132. The second kappa shape index (κ2) is 10.2. The Labute approximate surface area is 151 Å². The van der Waals surface area contributed by atoms with Gasteiger partial charge in [0, 0.05) is 32.9 Å². The molecule has 0 aliphatic heterocycles. The number of hydrogen-bond acceptors (Lipinski definition) is 3. The Morgan fingerprint density at radius 3 is 2.12 bits per heavy atom. The molecule has 0 heterocycles. The summed E-state index contributed by atoms with van der Waals surface area (Å²) >= 11 is 0. The molecule has 0 aliphatic carbocycles. The Balaban J connectivity index is 2.93. The van der Waals surface area contributed by atoms with Crippen molar-refractivity contribution in [3.05, 3.63) is 29.3 Å². The summed E-state index contributed by atoms with van der Waals surface area (Å²) in [5.74, 6) is 0.342. The number of para-hydroxylation sites is 1. The molecule has 0 radical (unpaired) electrons. The summed E-state index contributed by atoms with van der Waals surface area (Å²) in [6.45, 7) is 11.1. The number of nitrogens with zero attached hydrogens (tertiary/aromatic N) is 1. The zero-order valence-corrected chi connectivity index (χ0v) is 16.4. The lowest BCUT2D eigenvalue weighted by atomic mass is 9.92. The summed E-state index contributed by atoms with van der Waals surface area (Å²) in [4.78, 5) is 25.9. The SMILES string of the molecule is COCCCN(CC(=O)Nc1c(C(C)C)cccc1C(C)C)C(C)=O. The summed E-state index contributed by atoms with van der Waals surface area (Å²) in [6.07, 6.45) is 0.711. The van der Waals surface area contributed by atoms with E-state index < -0.39 is 0 Å². The lowest BCUT2D eigenvalue weighted by Gasteiger charge is -2.23. The van der Waals surface area contributed by atoms with Crippen LogP contribution in [-0.2, 0) is 14.3 Å². The van der Waals surface area contributed by atoms with Crippen molar-refractivity contribution in [3.63, 3.8) is 0 Å². The van der Waals surface area contributed by atoms with Crippen LogP contribution in [0.15, 0.2) is 18.2 Å². The second-order valence-corrected chi connectivity index (χ2v) is 6.96. The Morgan fingerprint density at radius 2 is 1.68 bits per heavy atom. The van der Waals surface area contributed by atoms with Crippen molar-refractivity contribution in [3.8, 4) is 0 Å². The number of carbonyl (C=O) groups excluding carboxylic acids is 2. The molecule has 5 heteroatoms. The van der Waals surface area contributed by atoms with Crippen molar-refractivity contribution in [2.24, 2.45) is 0 Å². The van der Waals surface area contributed by atoms with Crippen LogP contribution in [0, 0.1) is 0 Å². The molecule has 0 aliphatic rings. The van der Waals surface area contributed by atoms with Gasteiger partial charge < -0.3 is 15.0 Å². The fourth-order valence-corrected chi connectivity index (χ4v) is 2.80. The number of amides is 2. The van der Waals surface area contributed by atoms with E-state index in [0.29, 0.717) is 31.4 Å². The Hall–Kier alpha value is -1.88. The maximum absolute atomic E-state index is 12.6. The first kappa shape index (κ1) is 21.2. The highest BCUT2D eigenvalue weighted by Crippen LogP contribution is 2.32. The standard InChI is InChI=1S/C20H32N2O3/c1-14(2)17-9-7-10-18(15(3)4)20(17)21-19(24)13-22(16(5)23)11-8-12-25-6/h7,9-10,14-15H,8,11-13H2,1-6H3,(H,21,24). The normalized spacial score (nSPS) is 11.0. The van der Waals surface area contributed by atoms with Crippen LogP contribution in [0.4, 0.5) is 5.69 Å². The smallest absolute Gasteiger partial charge is 0.244 e. The molecule has 0 saturated heterocycles. The lowest BCUT2D eigenvalue weighted by Crippen LogP contribution is -2.37. The van der Waals surface area contributed by atoms with Crippen LogP contribution in [0.5, 0.6) is 0 Å². The molecule has 25 heavy (non-hydrogen) atoms. The Morgan fingerprint density at radius 1 is 1.12 bits per heavy atom. The van der Waals surface area contributed by atoms with Crippen molar-refractivity contribution in [1.29, 1.82) is 0 Å². The largest absolute Gasteiger partial charge is 0.385 e. The van der Waals surface area contributed by atoms with Crippen LogP contribution in [-0.4, -0.2) is 43.5 Å². The molecule has 0 aromatic heterocycles. The topological polar surface area (TPSA) is 58.6 Å². The van der Waals surface area contributed by atoms with Gasteiger partial charge in [-0.25, -0.2) is 0 Å². The van der Waals surface area contributed by atoms with Gasteiger partial charge in [0.1, 0.15) is 0 Å². The van der Waals surface area contributed by atoms with Gasteiger partial charge in [0.25, 0.3) is 0 Å². The molecule has 1 N–H and O–H groups in total. The highest BCUT2D eigenvalue weighted by molar-refractivity contribution is 5.95. The van der Waals surface area contributed by atoms with Gasteiger partial charge in [-0.3, -0.25) is 9.59 Å². The highest BCUT2D eigenvalue weighted by Gasteiger charge is 2.18. The third-order valence-corrected chi connectivity index (χ3v) is 4.19. The van der Waals surface area contributed by atoms with Crippen molar-refractivity contribution in [2.45, 2.75) is 52.9 Å². The Bertz CT molecular complexity index is 556. The third-order valence-electron chi connectivity index (χ3n) is 4.19. The quantitative estimate of drug-likeness (QED) is 0.691. The van der Waals surface area contributed by atoms with Gasteiger partial charge in [-0.1, -0.05) is 45.9 Å². The molecule has 0 unspecified atom stereocenters. The van der Waals surface area contributed by atoms with Crippen LogP contribution < -0.4 is 5.32 Å². The van der Waals surface area contributed by atoms with Gasteiger partial charge in [-0.05, 0) is 29.4 Å². The second-order valence-electron chi connectivity index (χ2n) is 6.96. The molecule has 0 saturated carbocycles. The van der Waals surface area contributed by atoms with Crippen molar-refractivity contribution in [1.82, 2.24) is 4.90 Å². The number of benzene rings is 1. The first-order valence-electron chi connectivity index (χ1n) is 8.95. The molecule has 2 amide bonds. The first-order chi connectivity index (χ1) is 11.8. The molecule has 0 atom stereocenters. The molecule has 0 bridgehead atoms. The van der Waals surface area contributed by atoms with Gasteiger partial charge in [0.05, 0.1) is 6.54 Å². The molecule has 0 fully saturated rings. The van der Waals surface area contributed by atoms with Gasteiger partial charge in [0.15, 0.2) is 0 Å². The zero-order chi connectivity index (χ0) is 19.0. The van der Waals surface area contributed by atoms with Crippen molar-refractivity contribution >= 4 is 17.5 Å². The number of hydrogen-bond donors (Lipinski definition) is 1. The van der Waals surface area contributed by atoms with Gasteiger partial charge >= 0.3 is 0 Å². The number of rotatable bonds is 9. The average Bonchev–Trinajstić information content (AvgIpc) is 2.53. The van der Waals surface area contributed by atoms with Crippen LogP contribution in [0.3, 0.4) is 0 Å². The number of carbonyl (C=O) groups is 2. The molecule has 1 aromatic rings. The summed E-state index contributed by atoms with van der Waals surface area (Å²) in [6, 6.07) is 6.13. The monoisotopic (exact) mass is 348 g/mol. The average molecular weight is 348 g/mol. The van der Waals surface area contributed by atoms with Crippen LogP contribution in [0.1, 0.15) is 64.0 Å². The van der Waals surface area contributed by atoms with E-state index in [4.69, 9.17) is 4.74 Å². The first-order valence-corrected chi connectivity index (χ1v) is 8.95. The zero-order valence-electron chi connectivity index (χ0n) is 16.4. The molecule has 1 aromatic carbocycles. The molecule has 140 valence electrons. The number of anilines is 1. The van der Waals surface area contributed by atoms with E-state index in [9.17, 15) is 9.59 Å². The minimum absolute atomic E-state index is 0.0585. The maximum Gasteiger partial charge on any atom is 0.244 e. The minimum Gasteiger partial charge on any atom is -0.385 e. The molecule has 5 nitrogen and oxygen atoms in total. The maximum atomic E-state index is 12.6. The highest BCUT2D eigenvalue weighted by atomic mass is 16.5. The fourth-order valence-electron chi connectivity index (χ4n) is 2.80. The molecular weight excluding hydrogens is 316 g/mol. The van der Waals surface area contributed by atoms with Crippen molar-refractivity contribution in [2.75, 3.05) is 32.1 Å². The van der Waals surface area contributed by atoms with Gasteiger partial charge in [-0.15, -0.1) is 0 Å². The predicted molar refractivity (Wildman–Crippen MR) is 102 cm³/mol. The van der Waals surface area contributed by atoms with E-state index in [-0.39, 0.29) is 18.4 Å². The van der Waals surface area contributed by atoms with E-state index in [0.717, 1.165) is 16.8 Å². The summed E-state index contributed by atoms with van der Waals surface area (Å²) in [5, 5.41) is 3.05. The number of nitrogens with one attached hydrogen (secondary N) is 1. The number of methoxy groups -OCH3 is 1. The molecule has 0 spiro atoms. The Kier molecular flexibility index (Phi) is 8.62. The predicted octanol–water partition coefficient (Wildman–Crippen LogP) is 3.76. The summed E-state index contributed by atoms with van der Waals surface area (Å²) < 4.78 is 5.02. The van der Waals surface area contributed by atoms with E-state index >= 15 is 0 Å². The third kappa shape index (κ3) is 6.50.